The van der Waals surface area contributed by atoms with Gasteiger partial charge in [0.05, 0.1) is 0 Å². The summed E-state index contributed by atoms with van der Waals surface area (Å²) in [6, 6.07) is 0. The fourth-order valence-electron chi connectivity index (χ4n) is 5.35. The van der Waals surface area contributed by atoms with Crippen LogP contribution in [-0.4, -0.2) is 23.1 Å². The summed E-state index contributed by atoms with van der Waals surface area (Å²) in [7, 11) is 0. The molecule has 0 radical (unpaired) electrons. The molecule has 0 aromatic rings. The third-order valence-corrected chi connectivity index (χ3v) is 8.07. The molecular weight excluding hydrogens is 544 g/mol. The summed E-state index contributed by atoms with van der Waals surface area (Å²) in [6.45, 7) is 4.43. The van der Waals surface area contributed by atoms with E-state index in [0.29, 0.717) is 12.8 Å². The fraction of sp³-hybridized carbons (Fsp3) is 0.750. The first-order valence-electron chi connectivity index (χ1n) is 18.6. The highest BCUT2D eigenvalue weighted by Crippen LogP contribution is 2.18. The smallest absolute Gasteiger partial charge is 0.306 e. The number of allylic oxidation sites excluding steroid dienone is 8. The van der Waals surface area contributed by atoms with Crippen molar-refractivity contribution in [1.29, 1.82) is 0 Å². The Morgan fingerprint density at radius 3 is 1.45 bits per heavy atom. The van der Waals surface area contributed by atoms with Gasteiger partial charge in [-0.2, -0.15) is 0 Å². The van der Waals surface area contributed by atoms with E-state index < -0.39 is 5.97 Å². The average Bonchev–Trinajstić information content (AvgIpc) is 3.00. The van der Waals surface area contributed by atoms with Gasteiger partial charge in [0.15, 0.2) is 0 Å². The molecule has 0 bridgehead atoms. The molecule has 254 valence electrons. The van der Waals surface area contributed by atoms with E-state index in [1.807, 2.05) is 0 Å². The van der Waals surface area contributed by atoms with Crippen LogP contribution >= 0.6 is 0 Å². The highest BCUT2D eigenvalue weighted by atomic mass is 16.5. The van der Waals surface area contributed by atoms with E-state index in [1.54, 1.807) is 0 Å². The maximum absolute atomic E-state index is 12.6. The van der Waals surface area contributed by atoms with E-state index in [-0.39, 0.29) is 18.5 Å². The highest BCUT2D eigenvalue weighted by molar-refractivity contribution is 5.69. The largest absolute Gasteiger partial charge is 0.481 e. The summed E-state index contributed by atoms with van der Waals surface area (Å²) in [4.78, 5) is 23.4. The van der Waals surface area contributed by atoms with E-state index in [2.05, 4.69) is 62.5 Å². The number of aliphatic carboxylic acids is 1. The molecule has 0 aliphatic heterocycles. The number of carboxylic acids is 1. The number of carboxylic acid groups (broad SMARTS) is 1. The van der Waals surface area contributed by atoms with Crippen molar-refractivity contribution in [2.24, 2.45) is 0 Å². The van der Waals surface area contributed by atoms with E-state index >= 15 is 0 Å². The van der Waals surface area contributed by atoms with Crippen molar-refractivity contribution >= 4 is 11.9 Å². The number of ether oxygens (including phenoxy) is 1. The molecule has 4 nitrogen and oxygen atoms in total. The Morgan fingerprint density at radius 2 is 0.955 bits per heavy atom. The minimum absolute atomic E-state index is 0.0191. The zero-order chi connectivity index (χ0) is 32.2. The Balaban J connectivity index is 4.06. The quantitative estimate of drug-likeness (QED) is 0.0454. The molecule has 0 heterocycles. The summed E-state index contributed by atoms with van der Waals surface area (Å²) >= 11 is 0. The molecule has 4 heteroatoms. The van der Waals surface area contributed by atoms with Crippen LogP contribution in [0.4, 0.5) is 0 Å². The summed E-state index contributed by atoms with van der Waals surface area (Å²) in [5.41, 5.74) is 0. The van der Waals surface area contributed by atoms with E-state index in [1.165, 1.54) is 77.0 Å². The van der Waals surface area contributed by atoms with Gasteiger partial charge < -0.3 is 9.84 Å². The van der Waals surface area contributed by atoms with Crippen LogP contribution in [0.3, 0.4) is 0 Å². The summed E-state index contributed by atoms with van der Waals surface area (Å²) in [6.07, 6.45) is 46.9. The zero-order valence-electron chi connectivity index (χ0n) is 29.0. The molecule has 0 spiro atoms. The van der Waals surface area contributed by atoms with Gasteiger partial charge in [-0.1, -0.05) is 146 Å². The molecule has 0 saturated carbocycles. The van der Waals surface area contributed by atoms with Crippen LogP contribution < -0.4 is 0 Å². The topological polar surface area (TPSA) is 63.6 Å². The monoisotopic (exact) mass is 615 g/mol. The minimum atomic E-state index is -0.731. The average molecular weight is 615 g/mol. The van der Waals surface area contributed by atoms with Crippen molar-refractivity contribution in [3.8, 4) is 0 Å². The van der Waals surface area contributed by atoms with Gasteiger partial charge in [-0.25, -0.2) is 0 Å². The molecular formula is C40H70O4. The third kappa shape index (κ3) is 34.4. The van der Waals surface area contributed by atoms with Crippen molar-refractivity contribution in [3.05, 3.63) is 48.6 Å². The van der Waals surface area contributed by atoms with E-state index in [9.17, 15) is 9.59 Å². The molecule has 0 aromatic heterocycles. The second kappa shape index (κ2) is 35.4. The molecule has 0 rings (SSSR count). The van der Waals surface area contributed by atoms with Crippen LogP contribution in [-0.2, 0) is 14.3 Å². The second-order valence-electron chi connectivity index (χ2n) is 12.4. The predicted octanol–water partition coefficient (Wildman–Crippen LogP) is 12.8. The highest BCUT2D eigenvalue weighted by Gasteiger charge is 2.14. The van der Waals surface area contributed by atoms with Crippen LogP contribution in [0.15, 0.2) is 48.6 Å². The van der Waals surface area contributed by atoms with Gasteiger partial charge in [0, 0.05) is 12.8 Å². The number of esters is 1. The van der Waals surface area contributed by atoms with Crippen LogP contribution in [0, 0.1) is 0 Å². The van der Waals surface area contributed by atoms with Crippen molar-refractivity contribution in [2.45, 2.75) is 193 Å². The lowest BCUT2D eigenvalue weighted by molar-refractivity contribution is -0.150. The number of carbonyl (C=O) groups is 2. The van der Waals surface area contributed by atoms with Crippen LogP contribution in [0.2, 0.25) is 0 Å². The fourth-order valence-corrected chi connectivity index (χ4v) is 5.35. The maximum Gasteiger partial charge on any atom is 0.306 e. The summed E-state index contributed by atoms with van der Waals surface area (Å²) in [5.74, 6) is -0.800. The van der Waals surface area contributed by atoms with Crippen molar-refractivity contribution < 1.29 is 19.4 Å². The van der Waals surface area contributed by atoms with Gasteiger partial charge >= 0.3 is 11.9 Å². The van der Waals surface area contributed by atoms with Gasteiger partial charge in [-0.15, -0.1) is 0 Å². The lowest BCUT2D eigenvalue weighted by atomic mass is 10.0. The van der Waals surface area contributed by atoms with Crippen LogP contribution in [0.5, 0.6) is 0 Å². The molecule has 1 unspecified atom stereocenters. The molecule has 0 aliphatic carbocycles. The number of rotatable bonds is 33. The van der Waals surface area contributed by atoms with Crippen LogP contribution in [0.1, 0.15) is 187 Å². The van der Waals surface area contributed by atoms with E-state index in [4.69, 9.17) is 9.84 Å². The van der Waals surface area contributed by atoms with Crippen LogP contribution in [0.25, 0.3) is 0 Å². The molecule has 0 aromatic carbocycles. The van der Waals surface area contributed by atoms with Gasteiger partial charge in [0.25, 0.3) is 0 Å². The standard InChI is InChI=1S/C40H70O4/c1-3-5-7-9-11-13-15-17-18-20-22-24-26-28-33-37-40(43)44-38(35-31-29-32-36-39(41)42)34-30-27-25-23-21-19-16-14-12-10-8-6-4-2/h5,7,11,13,17-18,22,24,38H,3-4,6,8-10,12,14-16,19-21,23,25-37H2,1-2H3,(H,41,42)/b7-5-,13-11-,18-17-,24-22-. The Kier molecular flexibility index (Phi) is 33.7. The second-order valence-corrected chi connectivity index (χ2v) is 12.4. The molecule has 44 heavy (non-hydrogen) atoms. The minimum Gasteiger partial charge on any atom is -0.481 e. The van der Waals surface area contributed by atoms with Gasteiger partial charge in [-0.3, -0.25) is 9.59 Å². The normalized spacial score (nSPS) is 12.8. The summed E-state index contributed by atoms with van der Waals surface area (Å²) in [5, 5.41) is 8.88. The van der Waals surface area contributed by atoms with E-state index in [0.717, 1.165) is 77.0 Å². The van der Waals surface area contributed by atoms with Crippen molar-refractivity contribution in [1.82, 2.24) is 0 Å². The number of carbonyl (C=O) groups excluding carboxylic acids is 1. The Labute approximate surface area is 272 Å². The first-order valence-corrected chi connectivity index (χ1v) is 18.6. The van der Waals surface area contributed by atoms with Crippen molar-refractivity contribution in [3.63, 3.8) is 0 Å². The third-order valence-electron chi connectivity index (χ3n) is 8.07. The molecule has 0 amide bonds. The number of hydrogen-bond acceptors (Lipinski definition) is 3. The lowest BCUT2D eigenvalue weighted by Gasteiger charge is -2.18. The van der Waals surface area contributed by atoms with Gasteiger partial charge in [0.1, 0.15) is 6.10 Å². The number of hydrogen-bond donors (Lipinski definition) is 1. The van der Waals surface area contributed by atoms with Crippen molar-refractivity contribution in [2.75, 3.05) is 0 Å². The number of unbranched alkanes of at least 4 members (excludes halogenated alkanes) is 16. The maximum atomic E-state index is 12.6. The first kappa shape index (κ1) is 41.9. The van der Waals surface area contributed by atoms with Gasteiger partial charge in [0.2, 0.25) is 0 Å². The predicted molar refractivity (Wildman–Crippen MR) is 190 cm³/mol. The Hall–Kier alpha value is -2.10. The molecule has 0 fully saturated rings. The zero-order valence-corrected chi connectivity index (χ0v) is 29.0. The Morgan fingerprint density at radius 1 is 0.523 bits per heavy atom. The molecule has 0 saturated heterocycles. The Bertz CT molecular complexity index is 748. The lowest BCUT2D eigenvalue weighted by Crippen LogP contribution is -2.18. The molecule has 0 aliphatic rings. The molecule has 1 atom stereocenters. The SMILES string of the molecule is CC/C=C\C/C=C\C/C=C\C/C=C\CCCCC(=O)OC(CCCCCCCCCCCCCCC)CCCCCC(=O)O. The van der Waals surface area contributed by atoms with Gasteiger partial charge in [-0.05, 0) is 77.0 Å². The first-order chi connectivity index (χ1) is 21.6. The summed E-state index contributed by atoms with van der Waals surface area (Å²) < 4.78 is 5.91. The molecule has 1 N–H and O–H groups in total.